The molecule has 11 heteroatoms. The van der Waals surface area contributed by atoms with E-state index >= 15 is 0 Å². The van der Waals surface area contributed by atoms with E-state index in [-0.39, 0.29) is 47.0 Å². The number of amides is 1. The summed E-state index contributed by atoms with van der Waals surface area (Å²) in [5, 5.41) is 2.74. The number of rotatable bonds is 6. The molecule has 0 saturated carbocycles. The van der Waals surface area contributed by atoms with Gasteiger partial charge in [0, 0.05) is 38.8 Å². The molecular weight excluding hydrogens is 459 g/mol. The quantitative estimate of drug-likeness (QED) is 0.694. The van der Waals surface area contributed by atoms with Crippen molar-refractivity contribution in [3.8, 4) is 0 Å². The normalized spacial score (nSPS) is 15.9. The summed E-state index contributed by atoms with van der Waals surface area (Å²) in [6.07, 6.45) is 0. The Kier molecular flexibility index (Phi) is 7.30. The number of nitrogens with zero attached hydrogens (tertiary/aromatic N) is 2. The topological polar surface area (TPSA) is 69.7 Å². The standard InChI is InChI=1S/C19H19Cl2F2N3O3S/c20-16-2-1-3-17(19(16)21)30(28,29)26-6-4-25(5-7-26)12-18(27)24-11-13-8-14(22)10-15(23)9-13/h1-3,8-10H,4-7,11-12H2,(H,24,27). The van der Waals surface area contributed by atoms with Crippen LogP contribution < -0.4 is 5.32 Å². The van der Waals surface area contributed by atoms with E-state index in [2.05, 4.69) is 5.32 Å². The van der Waals surface area contributed by atoms with Gasteiger partial charge in [-0.15, -0.1) is 0 Å². The summed E-state index contributed by atoms with van der Waals surface area (Å²) in [7, 11) is -3.80. The second kappa shape index (κ2) is 9.57. The fraction of sp³-hybridized carbons (Fsp3) is 0.316. The predicted octanol–water partition coefficient (Wildman–Crippen LogP) is 2.89. The largest absolute Gasteiger partial charge is 0.351 e. The van der Waals surface area contributed by atoms with Crippen LogP contribution >= 0.6 is 23.2 Å². The highest BCUT2D eigenvalue weighted by molar-refractivity contribution is 7.89. The fourth-order valence-electron chi connectivity index (χ4n) is 3.12. The lowest BCUT2D eigenvalue weighted by atomic mass is 10.2. The summed E-state index contributed by atoms with van der Waals surface area (Å²) in [4.78, 5) is 13.9. The van der Waals surface area contributed by atoms with Gasteiger partial charge in [-0.05, 0) is 29.8 Å². The third kappa shape index (κ3) is 5.47. The van der Waals surface area contributed by atoms with Crippen LogP contribution in [0.4, 0.5) is 8.78 Å². The number of nitrogens with one attached hydrogen (secondary N) is 1. The van der Waals surface area contributed by atoms with Crippen molar-refractivity contribution >= 4 is 39.1 Å². The van der Waals surface area contributed by atoms with E-state index in [4.69, 9.17) is 23.2 Å². The van der Waals surface area contributed by atoms with Crippen molar-refractivity contribution in [2.75, 3.05) is 32.7 Å². The molecule has 0 unspecified atom stereocenters. The summed E-state index contributed by atoms with van der Waals surface area (Å²) in [5.41, 5.74) is 0.315. The molecule has 1 amide bonds. The third-order valence-electron chi connectivity index (χ3n) is 4.64. The third-order valence-corrected chi connectivity index (χ3v) is 7.52. The van der Waals surface area contributed by atoms with Crippen molar-refractivity contribution in [2.24, 2.45) is 0 Å². The van der Waals surface area contributed by atoms with Gasteiger partial charge in [0.25, 0.3) is 0 Å². The van der Waals surface area contributed by atoms with E-state index in [9.17, 15) is 22.0 Å². The maximum absolute atomic E-state index is 13.2. The molecule has 6 nitrogen and oxygen atoms in total. The maximum Gasteiger partial charge on any atom is 0.244 e. The summed E-state index contributed by atoms with van der Waals surface area (Å²) in [6.45, 7) is 1.11. The SMILES string of the molecule is O=C(CN1CCN(S(=O)(=O)c2cccc(Cl)c2Cl)CC1)NCc1cc(F)cc(F)c1. The molecule has 30 heavy (non-hydrogen) atoms. The first-order valence-corrected chi connectivity index (χ1v) is 11.2. The molecule has 0 aromatic heterocycles. The van der Waals surface area contributed by atoms with Gasteiger partial charge in [-0.25, -0.2) is 17.2 Å². The minimum atomic E-state index is -3.80. The van der Waals surface area contributed by atoms with Crippen LogP contribution in [-0.4, -0.2) is 56.3 Å². The minimum Gasteiger partial charge on any atom is -0.351 e. The van der Waals surface area contributed by atoms with Crippen molar-refractivity contribution in [3.63, 3.8) is 0 Å². The number of hydrogen-bond acceptors (Lipinski definition) is 4. The molecule has 2 aromatic carbocycles. The minimum absolute atomic E-state index is 0.00484. The van der Waals surface area contributed by atoms with Gasteiger partial charge in [0.15, 0.2) is 0 Å². The number of piperazine rings is 1. The zero-order chi connectivity index (χ0) is 21.9. The van der Waals surface area contributed by atoms with E-state index in [0.29, 0.717) is 18.7 Å². The van der Waals surface area contributed by atoms with Gasteiger partial charge in [-0.1, -0.05) is 29.3 Å². The average Bonchev–Trinajstić information content (AvgIpc) is 2.68. The molecule has 1 heterocycles. The van der Waals surface area contributed by atoms with E-state index < -0.39 is 21.7 Å². The highest BCUT2D eigenvalue weighted by Gasteiger charge is 2.31. The van der Waals surface area contributed by atoms with E-state index in [0.717, 1.165) is 18.2 Å². The van der Waals surface area contributed by atoms with Crippen molar-refractivity contribution in [2.45, 2.75) is 11.4 Å². The molecule has 0 spiro atoms. The zero-order valence-corrected chi connectivity index (χ0v) is 18.1. The van der Waals surface area contributed by atoms with Crippen molar-refractivity contribution in [3.05, 3.63) is 63.6 Å². The second-order valence-corrected chi connectivity index (χ2v) is 9.48. The predicted molar refractivity (Wildman–Crippen MR) is 110 cm³/mol. The Hall–Kier alpha value is -1.78. The number of sulfonamides is 1. The van der Waals surface area contributed by atoms with Gasteiger partial charge < -0.3 is 5.32 Å². The highest BCUT2D eigenvalue weighted by atomic mass is 35.5. The number of carbonyl (C=O) groups excluding carboxylic acids is 1. The molecular formula is C19H19Cl2F2N3O3S. The molecule has 1 N–H and O–H groups in total. The monoisotopic (exact) mass is 477 g/mol. The fourth-order valence-corrected chi connectivity index (χ4v) is 5.28. The zero-order valence-electron chi connectivity index (χ0n) is 15.7. The molecule has 3 rings (SSSR count). The Bertz CT molecular complexity index is 1030. The number of benzene rings is 2. The van der Waals surface area contributed by atoms with E-state index in [1.165, 1.54) is 22.5 Å². The van der Waals surface area contributed by atoms with Gasteiger partial charge in [-0.3, -0.25) is 9.69 Å². The molecule has 1 aliphatic rings. The Morgan fingerprint density at radius 2 is 1.67 bits per heavy atom. The number of halogens is 4. The summed E-state index contributed by atoms with van der Waals surface area (Å²) in [5.74, 6) is -1.75. The first-order valence-electron chi connectivity index (χ1n) is 9.05. The van der Waals surface area contributed by atoms with Crippen molar-refractivity contribution < 1.29 is 22.0 Å². The van der Waals surface area contributed by atoms with Gasteiger partial charge in [0.05, 0.1) is 16.6 Å². The van der Waals surface area contributed by atoms with Gasteiger partial charge >= 0.3 is 0 Å². The summed E-state index contributed by atoms with van der Waals surface area (Å²) >= 11 is 12.0. The summed E-state index contributed by atoms with van der Waals surface area (Å²) < 4.78 is 53.3. The Balaban J connectivity index is 1.52. The molecule has 0 atom stereocenters. The van der Waals surface area contributed by atoms with Gasteiger partial charge in [0.1, 0.15) is 16.5 Å². The molecule has 0 radical (unpaired) electrons. The molecule has 2 aromatic rings. The Morgan fingerprint density at radius 3 is 2.30 bits per heavy atom. The molecule has 1 saturated heterocycles. The molecule has 0 bridgehead atoms. The number of carbonyl (C=O) groups is 1. The maximum atomic E-state index is 13.2. The molecule has 1 fully saturated rings. The van der Waals surface area contributed by atoms with Crippen LogP contribution in [0.2, 0.25) is 10.0 Å². The van der Waals surface area contributed by atoms with Gasteiger partial charge in [-0.2, -0.15) is 4.31 Å². The van der Waals surface area contributed by atoms with Crippen LogP contribution in [0, 0.1) is 11.6 Å². The first-order chi connectivity index (χ1) is 14.2. The number of hydrogen-bond donors (Lipinski definition) is 1. The smallest absolute Gasteiger partial charge is 0.244 e. The van der Waals surface area contributed by atoms with Crippen LogP contribution in [-0.2, 0) is 21.4 Å². The van der Waals surface area contributed by atoms with Gasteiger partial charge in [0.2, 0.25) is 15.9 Å². The molecule has 0 aliphatic carbocycles. The lowest BCUT2D eigenvalue weighted by Gasteiger charge is -2.33. The summed E-state index contributed by atoms with van der Waals surface area (Å²) in [6, 6.07) is 7.49. The van der Waals surface area contributed by atoms with Crippen LogP contribution in [0.5, 0.6) is 0 Å². The lowest BCUT2D eigenvalue weighted by Crippen LogP contribution is -2.51. The van der Waals surface area contributed by atoms with Crippen LogP contribution in [0.25, 0.3) is 0 Å². The van der Waals surface area contributed by atoms with Crippen molar-refractivity contribution in [1.29, 1.82) is 0 Å². The van der Waals surface area contributed by atoms with E-state index in [1.54, 1.807) is 4.90 Å². The van der Waals surface area contributed by atoms with Crippen molar-refractivity contribution in [1.82, 2.24) is 14.5 Å². The second-order valence-electron chi connectivity index (χ2n) is 6.79. The first kappa shape index (κ1) is 22.9. The average molecular weight is 478 g/mol. The Morgan fingerprint density at radius 1 is 1.03 bits per heavy atom. The van der Waals surface area contributed by atoms with Crippen LogP contribution in [0.3, 0.4) is 0 Å². The highest BCUT2D eigenvalue weighted by Crippen LogP contribution is 2.31. The molecule has 1 aliphatic heterocycles. The van der Waals surface area contributed by atoms with Crippen LogP contribution in [0.15, 0.2) is 41.3 Å². The molecule has 162 valence electrons. The Labute approximate surface area is 183 Å². The lowest BCUT2D eigenvalue weighted by molar-refractivity contribution is -0.122. The van der Waals surface area contributed by atoms with E-state index in [1.807, 2.05) is 0 Å². The van der Waals surface area contributed by atoms with Crippen LogP contribution in [0.1, 0.15) is 5.56 Å².